The summed E-state index contributed by atoms with van der Waals surface area (Å²) in [5.74, 6) is 3.19. The number of benzene rings is 2. The average molecular weight is 452 g/mol. The lowest BCUT2D eigenvalue weighted by atomic mass is 10.1. The van der Waals surface area contributed by atoms with Gasteiger partial charge in [-0.1, -0.05) is 42.8 Å². The SMILES string of the molecule is CCCc1nccn1-c1nc(-c2ccc(Cl)cc2)c(CCCOc2ccccc2OC)o1. The summed E-state index contributed by atoms with van der Waals surface area (Å²) in [6.07, 6.45) is 6.95. The van der Waals surface area contributed by atoms with E-state index in [2.05, 4.69) is 11.9 Å². The van der Waals surface area contributed by atoms with E-state index >= 15 is 0 Å². The van der Waals surface area contributed by atoms with E-state index < -0.39 is 0 Å². The molecule has 0 unspecified atom stereocenters. The number of ether oxygens (including phenoxy) is 2. The molecule has 4 aromatic rings. The Morgan fingerprint density at radius 3 is 2.56 bits per heavy atom. The first-order chi connectivity index (χ1) is 15.7. The lowest BCUT2D eigenvalue weighted by Crippen LogP contribution is -2.01. The molecular weight excluding hydrogens is 426 g/mol. The van der Waals surface area contributed by atoms with E-state index in [9.17, 15) is 0 Å². The Hall–Kier alpha value is -3.25. The molecule has 0 spiro atoms. The Labute approximate surface area is 192 Å². The van der Waals surface area contributed by atoms with Crippen molar-refractivity contribution in [2.24, 2.45) is 0 Å². The molecule has 0 aliphatic rings. The van der Waals surface area contributed by atoms with Gasteiger partial charge < -0.3 is 13.9 Å². The maximum Gasteiger partial charge on any atom is 0.307 e. The molecule has 32 heavy (non-hydrogen) atoms. The van der Waals surface area contributed by atoms with Crippen LogP contribution in [0, 0.1) is 0 Å². The van der Waals surface area contributed by atoms with E-state index in [1.807, 2.05) is 59.3 Å². The van der Waals surface area contributed by atoms with Crippen LogP contribution >= 0.6 is 11.6 Å². The van der Waals surface area contributed by atoms with Gasteiger partial charge in [0.15, 0.2) is 11.5 Å². The van der Waals surface area contributed by atoms with Crippen LogP contribution in [0.25, 0.3) is 17.3 Å². The molecule has 0 saturated carbocycles. The van der Waals surface area contributed by atoms with Crippen molar-refractivity contribution in [2.75, 3.05) is 13.7 Å². The van der Waals surface area contributed by atoms with Gasteiger partial charge in [0.25, 0.3) is 0 Å². The normalized spacial score (nSPS) is 11.0. The number of hydrogen-bond donors (Lipinski definition) is 0. The minimum atomic E-state index is 0.525. The maximum absolute atomic E-state index is 6.23. The first kappa shape index (κ1) is 22.0. The molecule has 4 rings (SSSR count). The van der Waals surface area contributed by atoms with E-state index in [4.69, 9.17) is 30.5 Å². The number of imidazole rings is 1. The number of hydrogen-bond acceptors (Lipinski definition) is 5. The number of aromatic nitrogens is 3. The fourth-order valence-corrected chi connectivity index (χ4v) is 3.64. The number of rotatable bonds is 10. The van der Waals surface area contributed by atoms with Gasteiger partial charge in [-0.15, -0.1) is 0 Å². The minimum absolute atomic E-state index is 0.525. The van der Waals surface area contributed by atoms with E-state index in [1.165, 1.54) is 0 Å². The predicted octanol–water partition coefficient (Wildman–Crippen LogP) is 6.15. The van der Waals surface area contributed by atoms with Gasteiger partial charge in [-0.3, -0.25) is 4.57 Å². The third kappa shape index (κ3) is 4.97. The minimum Gasteiger partial charge on any atom is -0.493 e. The van der Waals surface area contributed by atoms with Gasteiger partial charge in [-0.2, -0.15) is 4.98 Å². The smallest absolute Gasteiger partial charge is 0.307 e. The summed E-state index contributed by atoms with van der Waals surface area (Å²) in [5, 5.41) is 0.684. The van der Waals surface area contributed by atoms with Crippen LogP contribution < -0.4 is 9.47 Å². The van der Waals surface area contributed by atoms with Crippen LogP contribution in [0.5, 0.6) is 11.5 Å². The highest BCUT2D eigenvalue weighted by Gasteiger charge is 2.18. The number of nitrogens with zero attached hydrogens (tertiary/aromatic N) is 3. The van der Waals surface area contributed by atoms with Crippen molar-refractivity contribution in [3.8, 4) is 28.8 Å². The van der Waals surface area contributed by atoms with Gasteiger partial charge in [0, 0.05) is 35.8 Å². The second-order valence-corrected chi connectivity index (χ2v) is 7.78. The second kappa shape index (κ2) is 10.4. The third-order valence-corrected chi connectivity index (χ3v) is 5.33. The maximum atomic E-state index is 6.23. The van der Waals surface area contributed by atoms with Crippen molar-refractivity contribution in [2.45, 2.75) is 32.6 Å². The second-order valence-electron chi connectivity index (χ2n) is 7.34. The van der Waals surface area contributed by atoms with Gasteiger partial charge >= 0.3 is 6.01 Å². The van der Waals surface area contributed by atoms with Gasteiger partial charge in [-0.05, 0) is 37.1 Å². The Kier molecular flexibility index (Phi) is 7.12. The summed E-state index contributed by atoms with van der Waals surface area (Å²) in [6.45, 7) is 2.66. The van der Waals surface area contributed by atoms with E-state index in [1.54, 1.807) is 13.3 Å². The van der Waals surface area contributed by atoms with E-state index in [-0.39, 0.29) is 0 Å². The highest BCUT2D eigenvalue weighted by atomic mass is 35.5. The molecule has 7 heteroatoms. The molecule has 2 heterocycles. The van der Waals surface area contributed by atoms with Crippen molar-refractivity contribution < 1.29 is 13.9 Å². The standard InChI is InChI=1S/C25H26ClN3O3/c1-3-7-23-27-15-16-29(23)25-28-24(18-11-13-19(26)14-12-18)22(32-25)10-6-17-31-21-9-5-4-8-20(21)30-2/h4-5,8-9,11-16H,3,6-7,10,17H2,1-2H3. The molecule has 0 N–H and O–H groups in total. The van der Waals surface area contributed by atoms with Gasteiger partial charge in [0.05, 0.1) is 13.7 Å². The summed E-state index contributed by atoms with van der Waals surface area (Å²) in [7, 11) is 1.64. The van der Waals surface area contributed by atoms with Gasteiger partial charge in [0.1, 0.15) is 17.3 Å². The molecule has 0 saturated heterocycles. The topological polar surface area (TPSA) is 62.3 Å². The fraction of sp³-hybridized carbons (Fsp3) is 0.280. The van der Waals surface area contributed by atoms with Crippen molar-refractivity contribution in [1.29, 1.82) is 0 Å². The number of oxazole rings is 1. The summed E-state index contributed by atoms with van der Waals surface area (Å²) >= 11 is 6.08. The van der Waals surface area contributed by atoms with Crippen molar-refractivity contribution >= 4 is 11.6 Å². The average Bonchev–Trinajstić information content (AvgIpc) is 3.45. The van der Waals surface area contributed by atoms with Gasteiger partial charge in [-0.25, -0.2) is 4.98 Å². The molecule has 0 aliphatic heterocycles. The quantitative estimate of drug-likeness (QED) is 0.270. The monoisotopic (exact) mass is 451 g/mol. The third-order valence-electron chi connectivity index (χ3n) is 5.08. The zero-order valence-corrected chi connectivity index (χ0v) is 19.0. The Balaban J connectivity index is 1.55. The van der Waals surface area contributed by atoms with Crippen LogP contribution in [-0.4, -0.2) is 28.3 Å². The number of methoxy groups -OCH3 is 1. The van der Waals surface area contributed by atoms with Crippen LogP contribution in [0.4, 0.5) is 0 Å². The Morgan fingerprint density at radius 2 is 1.81 bits per heavy atom. The van der Waals surface area contributed by atoms with Crippen LogP contribution in [-0.2, 0) is 12.8 Å². The molecule has 166 valence electrons. The molecule has 0 radical (unpaired) electrons. The highest BCUT2D eigenvalue weighted by Crippen LogP contribution is 2.29. The van der Waals surface area contributed by atoms with E-state index in [0.29, 0.717) is 24.1 Å². The van der Waals surface area contributed by atoms with Crippen molar-refractivity contribution in [1.82, 2.24) is 14.5 Å². The van der Waals surface area contributed by atoms with Gasteiger partial charge in [0.2, 0.25) is 0 Å². The first-order valence-electron chi connectivity index (χ1n) is 10.7. The predicted molar refractivity (Wildman–Crippen MR) is 125 cm³/mol. The number of para-hydroxylation sites is 2. The zero-order chi connectivity index (χ0) is 22.3. The molecule has 2 aromatic heterocycles. The van der Waals surface area contributed by atoms with Crippen LogP contribution in [0.2, 0.25) is 5.02 Å². The summed E-state index contributed by atoms with van der Waals surface area (Å²) < 4.78 is 19.4. The lowest BCUT2D eigenvalue weighted by Gasteiger charge is -2.09. The highest BCUT2D eigenvalue weighted by molar-refractivity contribution is 6.30. The number of aryl methyl sites for hydroxylation is 2. The fourth-order valence-electron chi connectivity index (χ4n) is 3.52. The Morgan fingerprint density at radius 1 is 1.03 bits per heavy atom. The summed E-state index contributed by atoms with van der Waals surface area (Å²) in [4.78, 5) is 9.26. The zero-order valence-electron chi connectivity index (χ0n) is 18.3. The molecule has 6 nitrogen and oxygen atoms in total. The molecule has 0 atom stereocenters. The molecule has 0 bridgehead atoms. The largest absolute Gasteiger partial charge is 0.493 e. The van der Waals surface area contributed by atoms with E-state index in [0.717, 1.165) is 53.6 Å². The number of halogens is 1. The van der Waals surface area contributed by atoms with Crippen LogP contribution in [0.3, 0.4) is 0 Å². The molecule has 2 aromatic carbocycles. The Bertz CT molecular complexity index is 1150. The molecule has 0 amide bonds. The van der Waals surface area contributed by atoms with Crippen LogP contribution in [0.15, 0.2) is 65.3 Å². The van der Waals surface area contributed by atoms with Crippen LogP contribution in [0.1, 0.15) is 31.4 Å². The van der Waals surface area contributed by atoms with Crippen molar-refractivity contribution in [3.05, 3.63) is 77.5 Å². The van der Waals surface area contributed by atoms with Crippen molar-refractivity contribution in [3.63, 3.8) is 0 Å². The molecule has 0 aliphatic carbocycles. The summed E-state index contributed by atoms with van der Waals surface area (Å²) in [5.41, 5.74) is 1.77. The summed E-state index contributed by atoms with van der Waals surface area (Å²) in [6, 6.07) is 15.8. The first-order valence-corrected chi connectivity index (χ1v) is 11.1. The molecule has 0 fully saturated rings. The lowest BCUT2D eigenvalue weighted by molar-refractivity contribution is 0.286. The molecular formula is C25H26ClN3O3.